The normalized spacial score (nSPS) is 21.1. The summed E-state index contributed by atoms with van der Waals surface area (Å²) in [5.74, 6) is 0.398. The maximum atomic E-state index is 12.3. The summed E-state index contributed by atoms with van der Waals surface area (Å²) in [5, 5.41) is 16.9. The molecule has 1 fully saturated rings. The molecule has 0 saturated heterocycles. The van der Waals surface area contributed by atoms with Gasteiger partial charge in [0.1, 0.15) is 0 Å². The number of aliphatic hydroxyl groups excluding tert-OH is 1. The van der Waals surface area contributed by atoms with E-state index in [1.54, 1.807) is 23.3 Å². The molecule has 0 aromatic carbocycles. The number of aromatic nitrogens is 3. The number of pyridine rings is 1. The molecule has 1 aliphatic carbocycles. The number of hydrogen-bond donors (Lipinski definition) is 2. The quantitative estimate of drug-likeness (QED) is 0.801. The second-order valence-electron chi connectivity index (χ2n) is 6.64. The Labute approximate surface area is 141 Å². The number of nitrogens with one attached hydrogen (secondary N) is 1. The van der Waals surface area contributed by atoms with E-state index in [4.69, 9.17) is 0 Å². The first-order valence-corrected chi connectivity index (χ1v) is 8.44. The fourth-order valence-corrected chi connectivity index (χ4v) is 3.20. The van der Waals surface area contributed by atoms with Crippen molar-refractivity contribution in [3.05, 3.63) is 48.0 Å². The van der Waals surface area contributed by atoms with Crippen LogP contribution in [-0.4, -0.2) is 37.9 Å². The van der Waals surface area contributed by atoms with Gasteiger partial charge in [-0.05, 0) is 54.9 Å². The van der Waals surface area contributed by atoms with E-state index >= 15 is 0 Å². The first-order chi connectivity index (χ1) is 11.6. The lowest BCUT2D eigenvalue weighted by molar-refractivity contribution is -0.122. The second kappa shape index (κ2) is 7.57. The van der Waals surface area contributed by atoms with Crippen molar-refractivity contribution in [1.29, 1.82) is 0 Å². The van der Waals surface area contributed by atoms with Crippen LogP contribution in [0.5, 0.6) is 0 Å². The third-order valence-electron chi connectivity index (χ3n) is 4.67. The van der Waals surface area contributed by atoms with Gasteiger partial charge in [-0.2, -0.15) is 5.10 Å². The predicted octanol–water partition coefficient (Wildman–Crippen LogP) is 1.25. The number of amides is 1. The molecule has 2 heterocycles. The zero-order chi connectivity index (χ0) is 16.9. The van der Waals surface area contributed by atoms with Crippen LogP contribution in [0.3, 0.4) is 0 Å². The van der Waals surface area contributed by atoms with Gasteiger partial charge in [0.15, 0.2) is 0 Å². The molecule has 2 aromatic heterocycles. The van der Waals surface area contributed by atoms with Gasteiger partial charge in [-0.15, -0.1) is 0 Å². The Morgan fingerprint density at radius 1 is 1.38 bits per heavy atom. The summed E-state index contributed by atoms with van der Waals surface area (Å²) in [6.07, 6.45) is 10.5. The third-order valence-corrected chi connectivity index (χ3v) is 4.67. The van der Waals surface area contributed by atoms with E-state index in [1.807, 2.05) is 25.4 Å². The van der Waals surface area contributed by atoms with E-state index in [9.17, 15) is 9.90 Å². The summed E-state index contributed by atoms with van der Waals surface area (Å²) in [5.41, 5.74) is 2.22. The molecule has 0 unspecified atom stereocenters. The van der Waals surface area contributed by atoms with Crippen molar-refractivity contribution < 1.29 is 9.90 Å². The zero-order valence-electron chi connectivity index (χ0n) is 13.9. The Morgan fingerprint density at radius 2 is 2.12 bits per heavy atom. The van der Waals surface area contributed by atoms with Crippen LogP contribution in [0.4, 0.5) is 0 Å². The molecule has 0 bridgehead atoms. The van der Waals surface area contributed by atoms with Gasteiger partial charge in [0.2, 0.25) is 5.91 Å². The maximum Gasteiger partial charge on any atom is 0.220 e. The zero-order valence-corrected chi connectivity index (χ0v) is 13.9. The van der Waals surface area contributed by atoms with Crippen LogP contribution in [0.25, 0.3) is 0 Å². The molecule has 128 valence electrons. The van der Waals surface area contributed by atoms with E-state index in [0.29, 0.717) is 18.8 Å². The molecular formula is C18H24N4O2. The second-order valence-corrected chi connectivity index (χ2v) is 6.64. The number of rotatable bonds is 7. The van der Waals surface area contributed by atoms with Crippen LogP contribution in [0.1, 0.15) is 30.4 Å². The van der Waals surface area contributed by atoms with Crippen molar-refractivity contribution in [2.45, 2.75) is 44.2 Å². The first-order valence-electron chi connectivity index (χ1n) is 8.44. The van der Waals surface area contributed by atoms with Crippen LogP contribution >= 0.6 is 0 Å². The van der Waals surface area contributed by atoms with Crippen molar-refractivity contribution in [3.63, 3.8) is 0 Å². The average molecular weight is 328 g/mol. The number of aryl methyl sites for hydroxylation is 2. The fraction of sp³-hybridized carbons (Fsp3) is 0.500. The molecular weight excluding hydrogens is 304 g/mol. The summed E-state index contributed by atoms with van der Waals surface area (Å²) in [4.78, 5) is 16.4. The minimum absolute atomic E-state index is 0.0549. The molecule has 1 atom stereocenters. The molecule has 0 spiro atoms. The van der Waals surface area contributed by atoms with Crippen molar-refractivity contribution in [2.75, 3.05) is 0 Å². The van der Waals surface area contributed by atoms with Gasteiger partial charge in [-0.3, -0.25) is 14.5 Å². The molecule has 1 amide bonds. The van der Waals surface area contributed by atoms with Crippen LogP contribution in [0.15, 0.2) is 36.9 Å². The maximum absolute atomic E-state index is 12.3. The summed E-state index contributed by atoms with van der Waals surface area (Å²) in [6, 6.07) is 4.02. The summed E-state index contributed by atoms with van der Waals surface area (Å²) in [7, 11) is 1.87. The number of nitrogens with zero attached hydrogens (tertiary/aromatic N) is 3. The number of hydrogen-bond acceptors (Lipinski definition) is 4. The van der Waals surface area contributed by atoms with E-state index in [2.05, 4.69) is 15.4 Å². The SMILES string of the molecule is Cn1cc(CCC(=O)N[C@H](Cc2ccncc2)C2CC(O)C2)cn1. The lowest BCUT2D eigenvalue weighted by Crippen LogP contribution is -2.48. The minimum atomic E-state index is -0.220. The number of carbonyl (C=O) groups excluding carboxylic acids is 1. The molecule has 6 nitrogen and oxygen atoms in total. The van der Waals surface area contributed by atoms with Gasteiger partial charge >= 0.3 is 0 Å². The lowest BCUT2D eigenvalue weighted by Gasteiger charge is -2.38. The van der Waals surface area contributed by atoms with E-state index < -0.39 is 0 Å². The van der Waals surface area contributed by atoms with Gasteiger partial charge in [0.05, 0.1) is 12.3 Å². The van der Waals surface area contributed by atoms with Crippen LogP contribution in [-0.2, 0) is 24.7 Å². The highest BCUT2D eigenvalue weighted by Gasteiger charge is 2.34. The molecule has 1 aliphatic rings. The first kappa shape index (κ1) is 16.6. The Bertz CT molecular complexity index is 665. The van der Waals surface area contributed by atoms with Crippen LogP contribution < -0.4 is 5.32 Å². The van der Waals surface area contributed by atoms with Crippen LogP contribution in [0, 0.1) is 5.92 Å². The van der Waals surface area contributed by atoms with Gasteiger partial charge in [-0.25, -0.2) is 0 Å². The molecule has 2 aromatic rings. The molecule has 2 N–H and O–H groups in total. The smallest absolute Gasteiger partial charge is 0.220 e. The standard InChI is InChI=1S/C18H24N4O2/c1-22-12-14(11-20-22)2-3-18(24)21-17(15-9-16(23)10-15)8-13-4-6-19-7-5-13/h4-7,11-12,15-17,23H,2-3,8-10H2,1H3,(H,21,24)/t15?,16?,17-/m1/s1. The van der Waals surface area contributed by atoms with E-state index in [1.165, 1.54) is 0 Å². The average Bonchev–Trinajstić information content (AvgIpc) is 2.96. The Morgan fingerprint density at radius 3 is 2.75 bits per heavy atom. The Kier molecular flexibility index (Phi) is 5.25. The topological polar surface area (TPSA) is 80.0 Å². The van der Waals surface area contributed by atoms with Crippen molar-refractivity contribution in [3.8, 4) is 0 Å². The minimum Gasteiger partial charge on any atom is -0.393 e. The van der Waals surface area contributed by atoms with E-state index in [-0.39, 0.29) is 18.1 Å². The van der Waals surface area contributed by atoms with E-state index in [0.717, 1.165) is 30.4 Å². The Hall–Kier alpha value is -2.21. The Balaban J connectivity index is 1.55. The molecule has 0 radical (unpaired) electrons. The van der Waals surface area contributed by atoms with Gasteiger partial charge in [-0.1, -0.05) is 0 Å². The predicted molar refractivity (Wildman–Crippen MR) is 90.1 cm³/mol. The van der Waals surface area contributed by atoms with Gasteiger partial charge in [0.25, 0.3) is 0 Å². The number of aliphatic hydroxyl groups is 1. The molecule has 24 heavy (non-hydrogen) atoms. The monoisotopic (exact) mass is 328 g/mol. The fourth-order valence-electron chi connectivity index (χ4n) is 3.20. The highest BCUT2D eigenvalue weighted by Crippen LogP contribution is 2.31. The van der Waals surface area contributed by atoms with Gasteiger partial charge in [0, 0.05) is 38.1 Å². The van der Waals surface area contributed by atoms with Crippen LogP contribution in [0.2, 0.25) is 0 Å². The van der Waals surface area contributed by atoms with Crippen molar-refractivity contribution in [1.82, 2.24) is 20.1 Å². The highest BCUT2D eigenvalue weighted by atomic mass is 16.3. The summed E-state index contributed by atoms with van der Waals surface area (Å²) < 4.78 is 1.75. The van der Waals surface area contributed by atoms with Gasteiger partial charge < -0.3 is 10.4 Å². The summed E-state index contributed by atoms with van der Waals surface area (Å²) in [6.45, 7) is 0. The summed E-state index contributed by atoms with van der Waals surface area (Å²) >= 11 is 0. The lowest BCUT2D eigenvalue weighted by atomic mass is 9.75. The highest BCUT2D eigenvalue weighted by molar-refractivity contribution is 5.76. The van der Waals surface area contributed by atoms with Crippen molar-refractivity contribution in [2.24, 2.45) is 13.0 Å². The molecule has 0 aliphatic heterocycles. The molecule has 6 heteroatoms. The third kappa shape index (κ3) is 4.41. The van der Waals surface area contributed by atoms with Crippen molar-refractivity contribution >= 4 is 5.91 Å². The number of carbonyl (C=O) groups is 1. The largest absolute Gasteiger partial charge is 0.393 e. The molecule has 3 rings (SSSR count). The molecule has 1 saturated carbocycles.